The van der Waals surface area contributed by atoms with E-state index in [9.17, 15) is 14.9 Å². The highest BCUT2D eigenvalue weighted by atomic mass is 16.6. The van der Waals surface area contributed by atoms with Crippen LogP contribution in [0, 0.1) is 10.1 Å². The van der Waals surface area contributed by atoms with Crippen molar-refractivity contribution in [3.63, 3.8) is 0 Å². The van der Waals surface area contributed by atoms with Gasteiger partial charge in [-0.2, -0.15) is 0 Å². The molecule has 1 aliphatic heterocycles. The summed E-state index contributed by atoms with van der Waals surface area (Å²) in [7, 11) is 0. The maximum absolute atomic E-state index is 12.9. The Kier molecular flexibility index (Phi) is 3.16. The Balaban J connectivity index is 1.98. The van der Waals surface area contributed by atoms with Gasteiger partial charge in [0.1, 0.15) is 0 Å². The van der Waals surface area contributed by atoms with Gasteiger partial charge in [0.2, 0.25) is 0 Å². The number of carbonyl (C=O) groups is 1. The maximum atomic E-state index is 12.9. The summed E-state index contributed by atoms with van der Waals surface area (Å²) in [5.74, 6) is -0.772. The molecule has 0 bridgehead atoms. The fraction of sp³-hybridized carbons (Fsp3) is 0.158. The van der Waals surface area contributed by atoms with Gasteiger partial charge in [-0.1, -0.05) is 54.6 Å². The number of hydrogen-bond acceptors (Lipinski definition) is 4. The molecule has 1 aliphatic carbocycles. The van der Waals surface area contributed by atoms with E-state index in [1.54, 1.807) is 19.1 Å². The Morgan fingerprint density at radius 2 is 1.62 bits per heavy atom. The van der Waals surface area contributed by atoms with Crippen LogP contribution >= 0.6 is 0 Å². The van der Waals surface area contributed by atoms with Gasteiger partial charge in [0.25, 0.3) is 6.04 Å². The van der Waals surface area contributed by atoms with Crippen molar-refractivity contribution in [2.45, 2.75) is 18.9 Å². The molecule has 0 aromatic heterocycles. The van der Waals surface area contributed by atoms with Crippen LogP contribution in [0.15, 0.2) is 65.2 Å². The van der Waals surface area contributed by atoms with E-state index in [4.69, 9.17) is 0 Å². The lowest BCUT2D eigenvalue weighted by molar-refractivity contribution is -0.505. The summed E-state index contributed by atoms with van der Waals surface area (Å²) < 4.78 is 0. The minimum atomic E-state index is -1.02. The average molecular weight is 318 g/mol. The summed E-state index contributed by atoms with van der Waals surface area (Å²) >= 11 is 0. The molecule has 5 nitrogen and oxygen atoms in total. The first kappa shape index (κ1) is 14.5. The SMILES string of the molecule is CC1=NC2=C(C(=O)c3ccccc32)[C@H](c2ccccc2)C1[N+](=O)[O-]. The minimum Gasteiger partial charge on any atom is -0.289 e. The molecule has 4 rings (SSSR count). The highest BCUT2D eigenvalue weighted by Gasteiger charge is 2.47. The number of aliphatic imine (C=N–C) groups is 1. The van der Waals surface area contributed by atoms with Crippen molar-refractivity contribution < 1.29 is 9.72 Å². The molecular formula is C19H14N2O3. The Morgan fingerprint density at radius 3 is 2.29 bits per heavy atom. The second-order valence-electron chi connectivity index (χ2n) is 6.01. The van der Waals surface area contributed by atoms with Crippen LogP contribution in [0.3, 0.4) is 0 Å². The molecule has 1 heterocycles. The van der Waals surface area contributed by atoms with Crippen molar-refractivity contribution in [3.8, 4) is 0 Å². The molecule has 0 N–H and O–H groups in total. The first-order valence-corrected chi connectivity index (χ1v) is 7.71. The first-order valence-electron chi connectivity index (χ1n) is 7.71. The number of ketones is 1. The Bertz CT molecular complexity index is 929. The third-order valence-electron chi connectivity index (χ3n) is 4.66. The first-order chi connectivity index (χ1) is 11.6. The van der Waals surface area contributed by atoms with Crippen LogP contribution in [0.1, 0.15) is 34.3 Å². The lowest BCUT2D eigenvalue weighted by atomic mass is 9.80. The molecular weight excluding hydrogens is 304 g/mol. The summed E-state index contributed by atoms with van der Waals surface area (Å²) in [5, 5.41) is 11.7. The van der Waals surface area contributed by atoms with E-state index in [1.807, 2.05) is 42.5 Å². The molecule has 1 unspecified atom stereocenters. The molecule has 2 aromatic carbocycles. The minimum absolute atomic E-state index is 0.155. The third kappa shape index (κ3) is 1.94. The number of benzene rings is 2. The third-order valence-corrected chi connectivity index (χ3v) is 4.66. The van der Waals surface area contributed by atoms with Crippen molar-refractivity contribution in [3.05, 3.63) is 87.0 Å². The van der Waals surface area contributed by atoms with E-state index in [0.717, 1.165) is 11.1 Å². The van der Waals surface area contributed by atoms with Gasteiger partial charge in [-0.25, -0.2) is 4.99 Å². The van der Waals surface area contributed by atoms with E-state index in [-0.39, 0.29) is 10.7 Å². The van der Waals surface area contributed by atoms with Gasteiger partial charge in [-0.05, 0) is 12.5 Å². The van der Waals surface area contributed by atoms with Crippen LogP contribution in [-0.2, 0) is 0 Å². The number of carbonyl (C=O) groups excluding carboxylic acids is 1. The van der Waals surface area contributed by atoms with Crippen LogP contribution in [0.25, 0.3) is 5.70 Å². The zero-order valence-corrected chi connectivity index (χ0v) is 13.0. The van der Waals surface area contributed by atoms with E-state index in [2.05, 4.69) is 4.99 Å². The molecule has 24 heavy (non-hydrogen) atoms. The maximum Gasteiger partial charge on any atom is 0.261 e. The number of fused-ring (bicyclic) bond motifs is 2. The van der Waals surface area contributed by atoms with Crippen molar-refractivity contribution in [2.75, 3.05) is 0 Å². The zero-order chi connectivity index (χ0) is 16.8. The fourth-order valence-electron chi connectivity index (χ4n) is 3.62. The molecule has 0 fully saturated rings. The summed E-state index contributed by atoms with van der Waals surface area (Å²) in [6.07, 6.45) is 0. The summed E-state index contributed by atoms with van der Waals surface area (Å²) in [6, 6.07) is 15.4. The Hall–Kier alpha value is -3.08. The molecule has 2 atom stereocenters. The molecule has 2 aromatic rings. The van der Waals surface area contributed by atoms with Gasteiger partial charge in [0.15, 0.2) is 5.78 Å². The predicted octanol–water partition coefficient (Wildman–Crippen LogP) is 3.50. The van der Waals surface area contributed by atoms with Crippen LogP contribution < -0.4 is 0 Å². The lowest BCUT2D eigenvalue weighted by Gasteiger charge is -2.26. The van der Waals surface area contributed by atoms with Gasteiger partial charge in [-0.15, -0.1) is 0 Å². The second-order valence-corrected chi connectivity index (χ2v) is 6.01. The standard InChI is InChI=1S/C19H14N2O3/c1-11-18(21(23)24)15(12-7-3-2-4-8-12)16-17(20-11)13-9-5-6-10-14(13)19(16)22/h2-10,15,18H,1H3/t15-,18?/m0/s1. The van der Waals surface area contributed by atoms with Crippen LogP contribution in [0.2, 0.25) is 0 Å². The van der Waals surface area contributed by atoms with Gasteiger partial charge in [0.05, 0.1) is 17.3 Å². The van der Waals surface area contributed by atoms with Crippen LogP contribution in [0.4, 0.5) is 0 Å². The molecule has 118 valence electrons. The van der Waals surface area contributed by atoms with Crippen molar-refractivity contribution in [1.29, 1.82) is 0 Å². The second kappa shape index (κ2) is 5.23. The van der Waals surface area contributed by atoms with Gasteiger partial charge in [0, 0.05) is 21.6 Å². The molecule has 0 radical (unpaired) electrons. The number of Topliss-reactive ketones (excluding diaryl/α,β-unsaturated/α-hetero) is 1. The normalized spacial score (nSPS) is 22.0. The lowest BCUT2D eigenvalue weighted by Crippen LogP contribution is -2.38. The number of nitro groups is 1. The van der Waals surface area contributed by atoms with E-state index >= 15 is 0 Å². The summed E-state index contributed by atoms with van der Waals surface area (Å²) in [5.41, 5.74) is 3.55. The fourth-order valence-corrected chi connectivity index (χ4v) is 3.62. The molecule has 0 spiro atoms. The number of rotatable bonds is 2. The summed E-state index contributed by atoms with van der Waals surface area (Å²) in [6.45, 7) is 1.67. The van der Waals surface area contributed by atoms with Crippen LogP contribution in [-0.4, -0.2) is 22.5 Å². The molecule has 2 aliphatic rings. The largest absolute Gasteiger partial charge is 0.289 e. The van der Waals surface area contributed by atoms with E-state index in [0.29, 0.717) is 22.5 Å². The van der Waals surface area contributed by atoms with Gasteiger partial charge >= 0.3 is 0 Å². The van der Waals surface area contributed by atoms with E-state index in [1.165, 1.54) is 0 Å². The zero-order valence-electron chi connectivity index (χ0n) is 13.0. The van der Waals surface area contributed by atoms with Crippen molar-refractivity contribution in [1.82, 2.24) is 0 Å². The van der Waals surface area contributed by atoms with Crippen molar-refractivity contribution in [2.24, 2.45) is 4.99 Å². The molecule has 5 heteroatoms. The average Bonchev–Trinajstić information content (AvgIpc) is 2.87. The Labute approximate surface area is 138 Å². The monoisotopic (exact) mass is 318 g/mol. The highest BCUT2D eigenvalue weighted by molar-refractivity contribution is 6.23. The molecule has 0 saturated heterocycles. The highest BCUT2D eigenvalue weighted by Crippen LogP contribution is 2.46. The van der Waals surface area contributed by atoms with Gasteiger partial charge < -0.3 is 0 Å². The quantitative estimate of drug-likeness (QED) is 0.628. The smallest absolute Gasteiger partial charge is 0.261 e. The topological polar surface area (TPSA) is 72.6 Å². The molecule has 0 amide bonds. The van der Waals surface area contributed by atoms with Crippen molar-refractivity contribution >= 4 is 17.2 Å². The van der Waals surface area contributed by atoms with Gasteiger partial charge in [-0.3, -0.25) is 14.9 Å². The van der Waals surface area contributed by atoms with E-state index < -0.39 is 12.0 Å². The van der Waals surface area contributed by atoms with Crippen LogP contribution in [0.5, 0.6) is 0 Å². The predicted molar refractivity (Wildman–Crippen MR) is 90.8 cm³/mol. The molecule has 0 saturated carbocycles. The summed E-state index contributed by atoms with van der Waals surface area (Å²) in [4.78, 5) is 28.8. The Morgan fingerprint density at radius 1 is 1.00 bits per heavy atom. The number of nitrogens with zero attached hydrogens (tertiary/aromatic N) is 2. The number of hydrogen-bond donors (Lipinski definition) is 0.